The van der Waals surface area contributed by atoms with Crippen molar-refractivity contribution >= 4 is 27.7 Å². The summed E-state index contributed by atoms with van der Waals surface area (Å²) < 4.78 is 37.5. The Morgan fingerprint density at radius 1 is 1.41 bits per heavy atom. The van der Waals surface area contributed by atoms with Gasteiger partial charge >= 0.3 is 6.18 Å². The minimum Gasteiger partial charge on any atom is -0.383 e. The summed E-state index contributed by atoms with van der Waals surface area (Å²) in [7, 11) is 0. The van der Waals surface area contributed by atoms with Gasteiger partial charge in [-0.3, -0.25) is 0 Å². The third kappa shape index (κ3) is 4.76. The molecule has 0 aromatic carbocycles. The van der Waals surface area contributed by atoms with E-state index in [-0.39, 0.29) is 18.3 Å². The predicted molar refractivity (Wildman–Crippen MR) is 62.7 cm³/mol. The first kappa shape index (κ1) is 14.0. The van der Waals surface area contributed by atoms with Crippen molar-refractivity contribution in [3.8, 4) is 0 Å². The molecule has 17 heavy (non-hydrogen) atoms. The molecule has 4 nitrogen and oxygen atoms in total. The van der Waals surface area contributed by atoms with Crippen LogP contribution in [-0.2, 0) is 0 Å². The first-order valence-electron chi connectivity index (χ1n) is 4.93. The Labute approximate surface area is 105 Å². The molecule has 0 amide bonds. The van der Waals surface area contributed by atoms with E-state index in [1.54, 1.807) is 6.92 Å². The summed E-state index contributed by atoms with van der Waals surface area (Å²) in [4.78, 5) is 8.74. The second-order valence-corrected chi connectivity index (χ2v) is 4.26. The first-order chi connectivity index (χ1) is 7.81. The standard InChI is InChI=1S/C9H12BrF3N4/c1-2-3-17(5-9(11,12)13)8-15-6(10)4-7(14)16-8/h4H,2-3,5H2,1H3,(H2,14,15,16). The number of anilines is 2. The highest BCUT2D eigenvalue weighted by Crippen LogP contribution is 2.22. The molecule has 1 aromatic rings. The van der Waals surface area contributed by atoms with Gasteiger partial charge in [-0.2, -0.15) is 18.2 Å². The normalized spacial score (nSPS) is 11.6. The van der Waals surface area contributed by atoms with Gasteiger partial charge in [0.25, 0.3) is 0 Å². The number of hydrogen-bond acceptors (Lipinski definition) is 4. The minimum absolute atomic E-state index is 0.0175. The quantitative estimate of drug-likeness (QED) is 0.868. The number of nitrogens with zero attached hydrogens (tertiary/aromatic N) is 3. The van der Waals surface area contributed by atoms with Crippen LogP contribution in [0.4, 0.5) is 24.9 Å². The Bertz CT molecular complexity index is 363. The first-order valence-corrected chi connectivity index (χ1v) is 5.73. The zero-order chi connectivity index (χ0) is 13.1. The molecule has 2 N–H and O–H groups in total. The van der Waals surface area contributed by atoms with E-state index in [1.165, 1.54) is 6.07 Å². The molecule has 0 fully saturated rings. The van der Waals surface area contributed by atoms with Gasteiger partial charge in [0.05, 0.1) is 0 Å². The fraction of sp³-hybridized carbons (Fsp3) is 0.556. The highest BCUT2D eigenvalue weighted by atomic mass is 79.9. The van der Waals surface area contributed by atoms with Crippen LogP contribution in [0.3, 0.4) is 0 Å². The minimum atomic E-state index is -4.30. The number of rotatable bonds is 4. The maximum absolute atomic E-state index is 12.4. The monoisotopic (exact) mass is 312 g/mol. The van der Waals surface area contributed by atoms with Crippen molar-refractivity contribution in [2.45, 2.75) is 19.5 Å². The second kappa shape index (κ2) is 5.52. The topological polar surface area (TPSA) is 55.0 Å². The Balaban J connectivity index is 2.96. The van der Waals surface area contributed by atoms with Gasteiger partial charge in [-0.05, 0) is 22.4 Å². The highest BCUT2D eigenvalue weighted by Gasteiger charge is 2.31. The Morgan fingerprint density at radius 2 is 2.06 bits per heavy atom. The molecule has 0 saturated heterocycles. The molecule has 0 saturated carbocycles. The summed E-state index contributed by atoms with van der Waals surface area (Å²) in [6.07, 6.45) is -3.73. The van der Waals surface area contributed by atoms with Gasteiger partial charge in [-0.25, -0.2) is 4.98 Å². The molecule has 0 bridgehead atoms. The number of halogens is 4. The van der Waals surface area contributed by atoms with Gasteiger partial charge in [0.2, 0.25) is 5.95 Å². The summed E-state index contributed by atoms with van der Waals surface area (Å²) >= 11 is 3.07. The van der Waals surface area contributed by atoms with Crippen molar-refractivity contribution in [2.75, 3.05) is 23.7 Å². The molecule has 8 heteroatoms. The molecule has 0 unspecified atom stereocenters. The van der Waals surface area contributed by atoms with Crippen LogP contribution in [0.25, 0.3) is 0 Å². The molecule has 1 aromatic heterocycles. The van der Waals surface area contributed by atoms with E-state index >= 15 is 0 Å². The van der Waals surface area contributed by atoms with Crippen LogP contribution in [0.2, 0.25) is 0 Å². The van der Waals surface area contributed by atoms with E-state index in [2.05, 4.69) is 25.9 Å². The summed E-state index contributed by atoms with van der Waals surface area (Å²) in [6, 6.07) is 1.43. The van der Waals surface area contributed by atoms with Crippen molar-refractivity contribution in [3.63, 3.8) is 0 Å². The lowest BCUT2D eigenvalue weighted by Crippen LogP contribution is -2.36. The number of nitrogens with two attached hydrogens (primary N) is 1. The Kier molecular flexibility index (Phi) is 4.55. The maximum Gasteiger partial charge on any atom is 0.406 e. The van der Waals surface area contributed by atoms with Gasteiger partial charge in [-0.1, -0.05) is 6.92 Å². The summed E-state index contributed by atoms with van der Waals surface area (Å²) in [6.45, 7) is 0.914. The zero-order valence-electron chi connectivity index (χ0n) is 9.13. The van der Waals surface area contributed by atoms with Gasteiger partial charge in [0.15, 0.2) is 0 Å². The molecule has 0 atom stereocenters. The van der Waals surface area contributed by atoms with Crippen molar-refractivity contribution < 1.29 is 13.2 Å². The third-order valence-corrected chi connectivity index (χ3v) is 2.26. The number of hydrogen-bond donors (Lipinski definition) is 1. The molecule has 0 spiro atoms. The lowest BCUT2D eigenvalue weighted by molar-refractivity contribution is -0.119. The van der Waals surface area contributed by atoms with Crippen LogP contribution < -0.4 is 10.6 Å². The molecule has 0 aliphatic heterocycles. The van der Waals surface area contributed by atoms with Crippen molar-refractivity contribution in [1.82, 2.24) is 9.97 Å². The van der Waals surface area contributed by atoms with Crippen molar-refractivity contribution in [3.05, 3.63) is 10.7 Å². The largest absolute Gasteiger partial charge is 0.406 e. The van der Waals surface area contributed by atoms with E-state index in [0.29, 0.717) is 11.0 Å². The summed E-state index contributed by atoms with van der Waals surface area (Å²) in [5.41, 5.74) is 5.47. The van der Waals surface area contributed by atoms with Crippen LogP contribution >= 0.6 is 15.9 Å². The van der Waals surface area contributed by atoms with Crippen molar-refractivity contribution in [1.29, 1.82) is 0 Å². The molecule has 0 radical (unpaired) electrons. The van der Waals surface area contributed by atoms with Crippen LogP contribution in [-0.4, -0.2) is 29.2 Å². The molecular formula is C9H12BrF3N4. The van der Waals surface area contributed by atoms with Gasteiger partial charge in [0, 0.05) is 12.6 Å². The average molecular weight is 313 g/mol. The van der Waals surface area contributed by atoms with Crippen molar-refractivity contribution in [2.24, 2.45) is 0 Å². The lowest BCUT2D eigenvalue weighted by atomic mass is 10.4. The zero-order valence-corrected chi connectivity index (χ0v) is 10.7. The van der Waals surface area contributed by atoms with Crippen LogP contribution in [0.5, 0.6) is 0 Å². The summed E-state index contributed by atoms with van der Waals surface area (Å²) in [5, 5.41) is 0. The molecule has 96 valence electrons. The Morgan fingerprint density at radius 3 is 2.53 bits per heavy atom. The molecule has 1 heterocycles. The maximum atomic E-state index is 12.4. The third-order valence-electron chi connectivity index (χ3n) is 1.85. The molecule has 0 aliphatic carbocycles. The highest BCUT2D eigenvalue weighted by molar-refractivity contribution is 9.10. The van der Waals surface area contributed by atoms with Crippen LogP contribution in [0.1, 0.15) is 13.3 Å². The second-order valence-electron chi connectivity index (χ2n) is 3.45. The van der Waals surface area contributed by atoms with E-state index in [1.807, 2.05) is 0 Å². The van der Waals surface area contributed by atoms with E-state index in [0.717, 1.165) is 4.90 Å². The van der Waals surface area contributed by atoms with E-state index < -0.39 is 12.7 Å². The predicted octanol–water partition coefficient (Wildman–Crippen LogP) is 2.60. The number of aromatic nitrogens is 2. The van der Waals surface area contributed by atoms with Gasteiger partial charge in [0.1, 0.15) is 17.0 Å². The molecule has 0 aliphatic rings. The van der Waals surface area contributed by atoms with Crippen LogP contribution in [0.15, 0.2) is 10.7 Å². The van der Waals surface area contributed by atoms with Gasteiger partial charge in [-0.15, -0.1) is 0 Å². The summed E-state index contributed by atoms with van der Waals surface area (Å²) in [5.74, 6) is 0.112. The van der Waals surface area contributed by atoms with Gasteiger partial charge < -0.3 is 10.6 Å². The van der Waals surface area contributed by atoms with E-state index in [4.69, 9.17) is 5.73 Å². The van der Waals surface area contributed by atoms with E-state index in [9.17, 15) is 13.2 Å². The van der Waals surface area contributed by atoms with Crippen LogP contribution in [0, 0.1) is 0 Å². The smallest absolute Gasteiger partial charge is 0.383 e. The Hall–Kier alpha value is -1.05. The lowest BCUT2D eigenvalue weighted by Gasteiger charge is -2.23. The average Bonchev–Trinajstić information content (AvgIpc) is 2.13. The SMILES string of the molecule is CCCN(CC(F)(F)F)c1nc(N)cc(Br)n1. The number of nitrogen functional groups attached to an aromatic ring is 1. The molecular weight excluding hydrogens is 301 g/mol. The number of alkyl halides is 3. The fourth-order valence-electron chi connectivity index (χ4n) is 1.30. The fourth-order valence-corrected chi connectivity index (χ4v) is 1.69. The molecule has 1 rings (SSSR count).